The van der Waals surface area contributed by atoms with Gasteiger partial charge in [-0.25, -0.2) is 4.68 Å². The van der Waals surface area contributed by atoms with Gasteiger partial charge in [0.15, 0.2) is 18.1 Å². The van der Waals surface area contributed by atoms with Crippen LogP contribution in [0.15, 0.2) is 48.8 Å². The van der Waals surface area contributed by atoms with Crippen LogP contribution in [0.1, 0.15) is 0 Å². The Bertz CT molecular complexity index is 880. The summed E-state index contributed by atoms with van der Waals surface area (Å²) in [6.07, 6.45) is 1.49. The Morgan fingerprint density at radius 3 is 2.80 bits per heavy atom. The molecule has 0 saturated heterocycles. The third-order valence-corrected chi connectivity index (χ3v) is 3.48. The molecule has 3 aromatic rings. The zero-order chi connectivity index (χ0) is 17.1. The van der Waals surface area contributed by atoms with Crippen molar-refractivity contribution >= 4 is 11.6 Å². The molecule has 9 heteroatoms. The van der Waals surface area contributed by atoms with Gasteiger partial charge in [0.2, 0.25) is 6.79 Å². The van der Waals surface area contributed by atoms with Crippen LogP contribution in [0.3, 0.4) is 0 Å². The third-order valence-electron chi connectivity index (χ3n) is 3.48. The van der Waals surface area contributed by atoms with E-state index in [0.29, 0.717) is 22.9 Å². The molecule has 1 aliphatic rings. The number of benzene rings is 2. The van der Waals surface area contributed by atoms with Crippen molar-refractivity contribution in [3.63, 3.8) is 0 Å². The first-order chi connectivity index (χ1) is 12.3. The van der Waals surface area contributed by atoms with Crippen LogP contribution in [0.2, 0.25) is 0 Å². The van der Waals surface area contributed by atoms with Crippen molar-refractivity contribution in [3.8, 4) is 22.9 Å². The molecule has 1 aromatic heterocycles. The van der Waals surface area contributed by atoms with Gasteiger partial charge in [0.25, 0.3) is 5.91 Å². The van der Waals surface area contributed by atoms with Crippen molar-refractivity contribution in [3.05, 3.63) is 48.8 Å². The summed E-state index contributed by atoms with van der Waals surface area (Å²) < 4.78 is 17.5. The second kappa shape index (κ2) is 6.48. The minimum atomic E-state index is -0.275. The lowest BCUT2D eigenvalue weighted by atomic mass is 10.3. The lowest BCUT2D eigenvalue weighted by Gasteiger charge is -2.08. The van der Waals surface area contributed by atoms with E-state index in [1.165, 1.54) is 11.0 Å². The maximum Gasteiger partial charge on any atom is 0.262 e. The molecule has 0 saturated carbocycles. The van der Waals surface area contributed by atoms with E-state index in [1.807, 2.05) is 0 Å². The molecular formula is C16H13N5O4. The molecule has 9 nitrogen and oxygen atoms in total. The van der Waals surface area contributed by atoms with Gasteiger partial charge in [0, 0.05) is 11.8 Å². The highest BCUT2D eigenvalue weighted by atomic mass is 16.7. The van der Waals surface area contributed by atoms with E-state index < -0.39 is 0 Å². The predicted octanol–water partition coefficient (Wildman–Crippen LogP) is 1.41. The SMILES string of the molecule is O=C(COc1ccc(-n2cnnn2)cc1)Nc1ccc2c(c1)OCO2. The average molecular weight is 339 g/mol. The van der Waals surface area contributed by atoms with Gasteiger partial charge >= 0.3 is 0 Å². The maximum absolute atomic E-state index is 12.0. The second-order valence-electron chi connectivity index (χ2n) is 5.15. The third kappa shape index (κ3) is 3.34. The van der Waals surface area contributed by atoms with Gasteiger partial charge in [-0.2, -0.15) is 0 Å². The Morgan fingerprint density at radius 2 is 2.00 bits per heavy atom. The molecule has 1 amide bonds. The number of tetrazole rings is 1. The number of aromatic nitrogens is 4. The summed E-state index contributed by atoms with van der Waals surface area (Å²) in [4.78, 5) is 12.0. The van der Waals surface area contributed by atoms with Gasteiger partial charge in [0.1, 0.15) is 12.1 Å². The normalized spacial score (nSPS) is 12.0. The monoisotopic (exact) mass is 339 g/mol. The summed E-state index contributed by atoms with van der Waals surface area (Å²) in [5.41, 5.74) is 1.41. The number of carbonyl (C=O) groups excluding carboxylic acids is 1. The molecule has 2 heterocycles. The Morgan fingerprint density at radius 1 is 1.16 bits per heavy atom. The quantitative estimate of drug-likeness (QED) is 0.750. The second-order valence-corrected chi connectivity index (χ2v) is 5.15. The number of hydrogen-bond acceptors (Lipinski definition) is 7. The van der Waals surface area contributed by atoms with Crippen molar-refractivity contribution in [2.45, 2.75) is 0 Å². The summed E-state index contributed by atoms with van der Waals surface area (Å²) in [5.74, 6) is 1.56. The summed E-state index contributed by atoms with van der Waals surface area (Å²) >= 11 is 0. The number of carbonyl (C=O) groups is 1. The lowest BCUT2D eigenvalue weighted by molar-refractivity contribution is -0.118. The minimum absolute atomic E-state index is 0.112. The van der Waals surface area contributed by atoms with Crippen molar-refractivity contribution in [2.24, 2.45) is 0 Å². The highest BCUT2D eigenvalue weighted by molar-refractivity contribution is 5.92. The molecule has 4 rings (SSSR count). The van der Waals surface area contributed by atoms with Crippen LogP contribution in [0.4, 0.5) is 5.69 Å². The smallest absolute Gasteiger partial charge is 0.262 e. The Balaban J connectivity index is 1.32. The van der Waals surface area contributed by atoms with Gasteiger partial charge in [0.05, 0.1) is 5.69 Å². The van der Waals surface area contributed by atoms with Crippen molar-refractivity contribution in [2.75, 3.05) is 18.7 Å². The van der Waals surface area contributed by atoms with Crippen molar-refractivity contribution in [1.82, 2.24) is 20.2 Å². The fraction of sp³-hybridized carbons (Fsp3) is 0.125. The number of hydrogen-bond donors (Lipinski definition) is 1. The molecule has 0 spiro atoms. The number of fused-ring (bicyclic) bond motifs is 1. The fourth-order valence-corrected chi connectivity index (χ4v) is 2.29. The van der Waals surface area contributed by atoms with Crippen LogP contribution in [-0.4, -0.2) is 39.5 Å². The molecule has 25 heavy (non-hydrogen) atoms. The molecule has 0 radical (unpaired) electrons. The Hall–Kier alpha value is -3.62. The van der Waals surface area contributed by atoms with Crippen LogP contribution in [0, 0.1) is 0 Å². The molecule has 0 fully saturated rings. The highest BCUT2D eigenvalue weighted by Crippen LogP contribution is 2.34. The molecule has 1 aliphatic heterocycles. The van der Waals surface area contributed by atoms with Crippen LogP contribution in [0.25, 0.3) is 5.69 Å². The van der Waals surface area contributed by atoms with E-state index in [-0.39, 0.29) is 19.3 Å². The Labute approximate surface area is 142 Å². The number of anilines is 1. The molecular weight excluding hydrogens is 326 g/mol. The van der Waals surface area contributed by atoms with Gasteiger partial charge in [-0.1, -0.05) is 0 Å². The van der Waals surface area contributed by atoms with E-state index >= 15 is 0 Å². The van der Waals surface area contributed by atoms with Crippen molar-refractivity contribution < 1.29 is 19.0 Å². The number of amides is 1. The number of ether oxygens (including phenoxy) is 3. The van der Waals surface area contributed by atoms with E-state index in [1.54, 1.807) is 42.5 Å². The summed E-state index contributed by atoms with van der Waals surface area (Å²) in [7, 11) is 0. The number of rotatable bonds is 5. The van der Waals surface area contributed by atoms with E-state index in [9.17, 15) is 4.79 Å². The standard InChI is InChI=1S/C16H13N5O4/c22-16(18-11-1-6-14-15(7-11)25-10-24-14)8-23-13-4-2-12(3-5-13)21-9-17-19-20-21/h1-7,9H,8,10H2,(H,18,22). The van der Waals surface area contributed by atoms with Gasteiger partial charge in [-0.3, -0.25) is 4.79 Å². The highest BCUT2D eigenvalue weighted by Gasteiger charge is 2.14. The van der Waals surface area contributed by atoms with Gasteiger partial charge < -0.3 is 19.5 Å². The summed E-state index contributed by atoms with van der Waals surface area (Å²) in [5, 5.41) is 13.7. The molecule has 1 N–H and O–H groups in total. The predicted molar refractivity (Wildman–Crippen MR) is 85.8 cm³/mol. The first-order valence-corrected chi connectivity index (χ1v) is 7.44. The van der Waals surface area contributed by atoms with Crippen LogP contribution >= 0.6 is 0 Å². The number of nitrogens with zero attached hydrogens (tertiary/aromatic N) is 4. The lowest BCUT2D eigenvalue weighted by Crippen LogP contribution is -2.20. The zero-order valence-corrected chi connectivity index (χ0v) is 13.0. The van der Waals surface area contributed by atoms with E-state index in [4.69, 9.17) is 14.2 Å². The van der Waals surface area contributed by atoms with Crippen LogP contribution in [0.5, 0.6) is 17.2 Å². The first-order valence-electron chi connectivity index (χ1n) is 7.44. The summed E-state index contributed by atoms with van der Waals surface area (Å²) in [6, 6.07) is 12.3. The molecule has 0 aliphatic carbocycles. The van der Waals surface area contributed by atoms with E-state index in [2.05, 4.69) is 20.8 Å². The Kier molecular flexibility index (Phi) is 3.87. The maximum atomic E-state index is 12.0. The summed E-state index contributed by atoms with van der Waals surface area (Å²) in [6.45, 7) is 0.0785. The molecule has 0 bridgehead atoms. The van der Waals surface area contributed by atoms with Crippen LogP contribution < -0.4 is 19.5 Å². The van der Waals surface area contributed by atoms with Gasteiger partial charge in [-0.05, 0) is 46.8 Å². The zero-order valence-electron chi connectivity index (χ0n) is 13.0. The average Bonchev–Trinajstić information content (AvgIpc) is 3.32. The molecule has 0 unspecified atom stereocenters. The molecule has 126 valence electrons. The molecule has 0 atom stereocenters. The number of nitrogens with one attached hydrogen (secondary N) is 1. The van der Waals surface area contributed by atoms with Gasteiger partial charge in [-0.15, -0.1) is 5.10 Å². The fourth-order valence-electron chi connectivity index (χ4n) is 2.29. The minimum Gasteiger partial charge on any atom is -0.484 e. The first kappa shape index (κ1) is 14.9. The topological polar surface area (TPSA) is 100 Å². The van der Waals surface area contributed by atoms with E-state index in [0.717, 1.165) is 5.69 Å². The van der Waals surface area contributed by atoms with Crippen LogP contribution in [-0.2, 0) is 4.79 Å². The molecule has 2 aromatic carbocycles. The van der Waals surface area contributed by atoms with Crippen molar-refractivity contribution in [1.29, 1.82) is 0 Å². The largest absolute Gasteiger partial charge is 0.484 e.